The average molecular weight is 410 g/mol. The zero-order chi connectivity index (χ0) is 21.8. The minimum absolute atomic E-state index is 0.115. The molecule has 3 N–H and O–H groups in total. The topological polar surface area (TPSA) is 116 Å². The molecule has 3 aromatic rings. The molecular weight excluding hydrogens is 391 g/mol. The van der Waals surface area contributed by atoms with Crippen LogP contribution in [0.15, 0.2) is 54.7 Å². The van der Waals surface area contributed by atoms with Crippen molar-refractivity contribution in [1.82, 2.24) is 9.78 Å². The third-order valence-electron chi connectivity index (χ3n) is 4.40. The number of primary amides is 1. The van der Waals surface area contributed by atoms with Gasteiger partial charge in [0.2, 0.25) is 5.91 Å². The molecule has 0 radical (unpaired) electrons. The molecule has 0 fully saturated rings. The fourth-order valence-electron chi connectivity index (χ4n) is 2.72. The van der Waals surface area contributed by atoms with Crippen LogP contribution in [0.2, 0.25) is 0 Å². The Morgan fingerprint density at radius 2 is 1.80 bits per heavy atom. The van der Waals surface area contributed by atoms with Crippen molar-refractivity contribution in [1.29, 1.82) is 0 Å². The van der Waals surface area contributed by atoms with Crippen LogP contribution in [-0.4, -0.2) is 33.7 Å². The summed E-state index contributed by atoms with van der Waals surface area (Å²) < 4.78 is 20.5. The number of anilines is 1. The van der Waals surface area contributed by atoms with Crippen molar-refractivity contribution >= 4 is 23.5 Å². The molecule has 0 aliphatic carbocycles. The number of nitrogens with two attached hydrogens (primary N) is 1. The normalized spacial score (nSPS) is 11.6. The van der Waals surface area contributed by atoms with E-state index in [9.17, 15) is 18.8 Å². The van der Waals surface area contributed by atoms with Gasteiger partial charge in [-0.15, -0.1) is 0 Å². The SMILES string of the molecule is Cc1c(C(=O)O[C@H](C)C(=O)Nc2ccc(C(N)=O)cc2)cnn1-c1ccccc1F. The maximum Gasteiger partial charge on any atom is 0.342 e. The van der Waals surface area contributed by atoms with Crippen LogP contribution in [0.1, 0.15) is 33.3 Å². The summed E-state index contributed by atoms with van der Waals surface area (Å²) in [4.78, 5) is 35.9. The van der Waals surface area contributed by atoms with Gasteiger partial charge in [0.05, 0.1) is 11.9 Å². The van der Waals surface area contributed by atoms with E-state index in [2.05, 4.69) is 10.4 Å². The van der Waals surface area contributed by atoms with Crippen LogP contribution in [0.4, 0.5) is 10.1 Å². The Balaban J connectivity index is 1.67. The molecule has 2 aromatic carbocycles. The molecule has 1 aromatic heterocycles. The number of ether oxygens (including phenoxy) is 1. The smallest absolute Gasteiger partial charge is 0.342 e. The molecule has 1 heterocycles. The molecule has 0 saturated carbocycles. The molecule has 2 amide bonds. The van der Waals surface area contributed by atoms with Gasteiger partial charge in [0, 0.05) is 11.3 Å². The third kappa shape index (κ3) is 4.35. The van der Waals surface area contributed by atoms with E-state index >= 15 is 0 Å². The summed E-state index contributed by atoms with van der Waals surface area (Å²) in [6.45, 7) is 3.02. The highest BCUT2D eigenvalue weighted by Crippen LogP contribution is 2.18. The highest BCUT2D eigenvalue weighted by Gasteiger charge is 2.23. The molecule has 0 saturated heterocycles. The van der Waals surface area contributed by atoms with Gasteiger partial charge in [-0.25, -0.2) is 13.9 Å². The van der Waals surface area contributed by atoms with Crippen molar-refractivity contribution in [2.24, 2.45) is 5.73 Å². The minimum atomic E-state index is -1.11. The number of halogens is 1. The summed E-state index contributed by atoms with van der Waals surface area (Å²) in [5.41, 5.74) is 6.57. The van der Waals surface area contributed by atoms with Gasteiger partial charge in [-0.05, 0) is 50.2 Å². The number of esters is 1. The zero-order valence-electron chi connectivity index (χ0n) is 16.3. The van der Waals surface area contributed by atoms with E-state index in [1.807, 2.05) is 0 Å². The zero-order valence-corrected chi connectivity index (χ0v) is 16.3. The van der Waals surface area contributed by atoms with Gasteiger partial charge >= 0.3 is 5.97 Å². The predicted octanol–water partition coefficient (Wildman–Crippen LogP) is 2.60. The Labute approximate surface area is 171 Å². The first kappa shape index (κ1) is 20.7. The first-order valence-corrected chi connectivity index (χ1v) is 8.99. The van der Waals surface area contributed by atoms with Gasteiger partial charge < -0.3 is 15.8 Å². The van der Waals surface area contributed by atoms with Gasteiger partial charge in [0.25, 0.3) is 5.91 Å². The Bertz CT molecular complexity index is 1110. The maximum atomic E-state index is 14.0. The number of carbonyl (C=O) groups is 3. The fraction of sp³-hybridized carbons (Fsp3) is 0.143. The van der Waals surface area contributed by atoms with Crippen molar-refractivity contribution in [2.45, 2.75) is 20.0 Å². The number of hydrogen-bond acceptors (Lipinski definition) is 5. The number of para-hydroxylation sites is 1. The van der Waals surface area contributed by atoms with Crippen LogP contribution in [0.5, 0.6) is 0 Å². The molecule has 9 heteroatoms. The van der Waals surface area contributed by atoms with Crippen LogP contribution < -0.4 is 11.1 Å². The predicted molar refractivity (Wildman–Crippen MR) is 107 cm³/mol. The standard InChI is InChI=1S/C21H19FN4O4/c1-12-16(11-24-26(12)18-6-4-3-5-17(18)22)21(29)30-13(2)20(28)25-15-9-7-14(8-10-15)19(23)27/h3-11,13H,1-2H3,(H2,23,27)(H,25,28)/t13-/m1/s1. The van der Waals surface area contributed by atoms with Crippen molar-refractivity contribution < 1.29 is 23.5 Å². The number of carbonyl (C=O) groups excluding carboxylic acids is 3. The van der Waals surface area contributed by atoms with Gasteiger partial charge in [-0.1, -0.05) is 12.1 Å². The molecule has 154 valence electrons. The number of nitrogens with one attached hydrogen (secondary N) is 1. The molecule has 30 heavy (non-hydrogen) atoms. The quantitative estimate of drug-likeness (QED) is 0.606. The number of amides is 2. The maximum absolute atomic E-state index is 14.0. The van der Waals surface area contributed by atoms with Crippen molar-refractivity contribution in [3.05, 3.63) is 77.4 Å². The second-order valence-corrected chi connectivity index (χ2v) is 6.49. The monoisotopic (exact) mass is 410 g/mol. The molecular formula is C21H19FN4O4. The number of aromatic nitrogens is 2. The van der Waals surface area contributed by atoms with Crippen molar-refractivity contribution in [3.63, 3.8) is 0 Å². The third-order valence-corrected chi connectivity index (χ3v) is 4.40. The molecule has 0 aliphatic heterocycles. The average Bonchev–Trinajstić information content (AvgIpc) is 3.10. The highest BCUT2D eigenvalue weighted by atomic mass is 19.1. The Morgan fingerprint density at radius 1 is 1.13 bits per heavy atom. The molecule has 0 spiro atoms. The minimum Gasteiger partial charge on any atom is -0.449 e. The largest absolute Gasteiger partial charge is 0.449 e. The summed E-state index contributed by atoms with van der Waals surface area (Å²) in [6.07, 6.45) is 0.154. The van der Waals surface area contributed by atoms with E-state index in [1.165, 1.54) is 54.2 Å². The summed E-state index contributed by atoms with van der Waals surface area (Å²) in [5.74, 6) is -2.39. The highest BCUT2D eigenvalue weighted by molar-refractivity contribution is 5.98. The molecule has 0 unspecified atom stereocenters. The van der Waals surface area contributed by atoms with E-state index in [-0.39, 0.29) is 11.3 Å². The van der Waals surface area contributed by atoms with Crippen LogP contribution in [-0.2, 0) is 9.53 Å². The summed E-state index contributed by atoms with van der Waals surface area (Å²) >= 11 is 0. The van der Waals surface area contributed by atoms with E-state index in [0.29, 0.717) is 16.9 Å². The van der Waals surface area contributed by atoms with Crippen molar-refractivity contribution in [3.8, 4) is 5.69 Å². The van der Waals surface area contributed by atoms with Gasteiger partial charge in [0.1, 0.15) is 17.1 Å². The Kier molecular flexibility index (Phi) is 5.91. The van der Waals surface area contributed by atoms with E-state index in [4.69, 9.17) is 10.5 Å². The fourth-order valence-corrected chi connectivity index (χ4v) is 2.72. The molecule has 8 nitrogen and oxygen atoms in total. The summed E-state index contributed by atoms with van der Waals surface area (Å²) in [7, 11) is 0. The number of rotatable bonds is 6. The van der Waals surface area contributed by atoms with Crippen LogP contribution >= 0.6 is 0 Å². The van der Waals surface area contributed by atoms with E-state index in [0.717, 1.165) is 0 Å². The summed E-state index contributed by atoms with van der Waals surface area (Å²) in [6, 6.07) is 12.0. The lowest BCUT2D eigenvalue weighted by Gasteiger charge is -2.13. The number of hydrogen-bond donors (Lipinski definition) is 2. The molecule has 3 rings (SSSR count). The van der Waals surface area contributed by atoms with E-state index < -0.39 is 29.7 Å². The van der Waals surface area contributed by atoms with Gasteiger partial charge in [-0.2, -0.15) is 5.10 Å². The van der Waals surface area contributed by atoms with Crippen molar-refractivity contribution in [2.75, 3.05) is 5.32 Å². The van der Waals surface area contributed by atoms with Crippen LogP contribution in [0.25, 0.3) is 5.69 Å². The molecule has 0 aliphatic rings. The lowest BCUT2D eigenvalue weighted by molar-refractivity contribution is -0.123. The summed E-state index contributed by atoms with van der Waals surface area (Å²) in [5, 5.41) is 6.63. The van der Waals surface area contributed by atoms with Crippen LogP contribution in [0, 0.1) is 12.7 Å². The van der Waals surface area contributed by atoms with Crippen LogP contribution in [0.3, 0.4) is 0 Å². The lowest BCUT2D eigenvalue weighted by Crippen LogP contribution is -2.30. The Morgan fingerprint density at radius 3 is 2.43 bits per heavy atom. The van der Waals surface area contributed by atoms with Gasteiger partial charge in [-0.3, -0.25) is 9.59 Å². The van der Waals surface area contributed by atoms with E-state index in [1.54, 1.807) is 19.1 Å². The molecule has 0 bridgehead atoms. The second-order valence-electron chi connectivity index (χ2n) is 6.49. The lowest BCUT2D eigenvalue weighted by atomic mass is 10.2. The Hall–Kier alpha value is -4.01. The first-order chi connectivity index (χ1) is 14.3. The second kappa shape index (κ2) is 8.56. The number of benzene rings is 2. The first-order valence-electron chi connectivity index (χ1n) is 8.99. The van der Waals surface area contributed by atoms with Gasteiger partial charge in [0.15, 0.2) is 6.10 Å². The molecule has 1 atom stereocenters. The number of nitrogens with zero attached hydrogens (tertiary/aromatic N) is 2.